The van der Waals surface area contributed by atoms with Gasteiger partial charge < -0.3 is 10.5 Å². The molecule has 0 aliphatic heterocycles. The normalized spacial score (nSPS) is 10.7. The van der Waals surface area contributed by atoms with Crippen LogP contribution in [0.4, 0.5) is 11.6 Å². The summed E-state index contributed by atoms with van der Waals surface area (Å²) in [5.41, 5.74) is 9.92. The third-order valence-corrected chi connectivity index (χ3v) is 5.39. The maximum absolute atomic E-state index is 6.40. The Morgan fingerprint density at radius 1 is 1.04 bits per heavy atom. The van der Waals surface area contributed by atoms with E-state index >= 15 is 0 Å². The van der Waals surface area contributed by atoms with Gasteiger partial charge in [0, 0.05) is 17.5 Å². The fourth-order valence-corrected chi connectivity index (χ4v) is 3.49. The second kappa shape index (κ2) is 7.64. The lowest BCUT2D eigenvalue weighted by Gasteiger charge is -2.13. The van der Waals surface area contributed by atoms with Crippen LogP contribution in [0.25, 0.3) is 11.3 Å². The van der Waals surface area contributed by atoms with E-state index in [-0.39, 0.29) is 0 Å². The monoisotopic (exact) mass is 434 g/mol. The van der Waals surface area contributed by atoms with Gasteiger partial charge in [0.05, 0.1) is 15.2 Å². The van der Waals surface area contributed by atoms with Crippen LogP contribution in [0.3, 0.4) is 0 Å². The van der Waals surface area contributed by atoms with Gasteiger partial charge in [-0.25, -0.2) is 9.97 Å². The number of pyridine rings is 2. The van der Waals surface area contributed by atoms with Crippen molar-refractivity contribution < 1.29 is 0 Å². The molecule has 0 bridgehead atoms. The van der Waals surface area contributed by atoms with E-state index < -0.39 is 0 Å². The fourth-order valence-electron chi connectivity index (χ4n) is 2.46. The van der Waals surface area contributed by atoms with Gasteiger partial charge in [-0.05, 0) is 65.2 Å². The molecule has 0 aliphatic rings. The van der Waals surface area contributed by atoms with Crippen molar-refractivity contribution in [3.05, 3.63) is 63.1 Å². The largest absolute Gasteiger partial charge is 0.383 e. The quantitative estimate of drug-likeness (QED) is 0.501. The molecule has 0 fully saturated rings. The van der Waals surface area contributed by atoms with Crippen molar-refractivity contribution in [2.45, 2.75) is 18.9 Å². The number of rotatable bonds is 4. The summed E-state index contributed by atoms with van der Waals surface area (Å²) >= 11 is 11.1. The third-order valence-electron chi connectivity index (χ3n) is 3.67. The Morgan fingerprint density at radius 3 is 2.44 bits per heavy atom. The number of halogens is 2. The van der Waals surface area contributed by atoms with E-state index in [1.807, 2.05) is 30.3 Å². The molecule has 0 unspecified atom stereocenters. The van der Waals surface area contributed by atoms with Crippen LogP contribution in [0.2, 0.25) is 5.02 Å². The van der Waals surface area contributed by atoms with Gasteiger partial charge in [-0.3, -0.25) is 0 Å². The molecule has 2 heterocycles. The van der Waals surface area contributed by atoms with E-state index in [1.165, 1.54) is 11.9 Å². The van der Waals surface area contributed by atoms with Crippen molar-refractivity contribution >= 4 is 51.1 Å². The lowest BCUT2D eigenvalue weighted by Crippen LogP contribution is -1.98. The minimum absolute atomic E-state index is 0.451. The van der Waals surface area contributed by atoms with Gasteiger partial charge in [0.1, 0.15) is 16.7 Å². The third kappa shape index (κ3) is 4.08. The second-order valence-electron chi connectivity index (χ2n) is 5.51. The zero-order valence-corrected chi connectivity index (χ0v) is 16.8. The van der Waals surface area contributed by atoms with Crippen LogP contribution in [-0.4, -0.2) is 9.97 Å². The van der Waals surface area contributed by atoms with Crippen molar-refractivity contribution in [1.29, 1.82) is 0 Å². The van der Waals surface area contributed by atoms with E-state index in [2.05, 4.69) is 56.6 Å². The molecule has 0 spiro atoms. The number of nitrogen functional groups attached to an aromatic ring is 1. The smallest absolute Gasteiger partial charge is 0.139 e. The molecular weight excluding hydrogens is 420 g/mol. The van der Waals surface area contributed by atoms with Crippen molar-refractivity contribution in [2.24, 2.45) is 0 Å². The SMILES string of the molecule is Cc1cccc(C)c1-c1nc(NSc2ccc(Br)c(N)n2)ccc1Cl. The van der Waals surface area contributed by atoms with Crippen LogP contribution >= 0.6 is 39.5 Å². The molecule has 4 nitrogen and oxygen atoms in total. The summed E-state index contributed by atoms with van der Waals surface area (Å²) in [6.07, 6.45) is 0. The van der Waals surface area contributed by atoms with Crippen LogP contribution in [0, 0.1) is 13.8 Å². The predicted molar refractivity (Wildman–Crippen MR) is 110 cm³/mol. The molecule has 3 rings (SSSR count). The van der Waals surface area contributed by atoms with Crippen LogP contribution in [0.15, 0.2) is 52.0 Å². The van der Waals surface area contributed by atoms with E-state index in [0.717, 1.165) is 31.9 Å². The second-order valence-corrected chi connectivity index (χ2v) is 7.60. The summed E-state index contributed by atoms with van der Waals surface area (Å²) in [4.78, 5) is 8.98. The Kier molecular flexibility index (Phi) is 5.51. The molecule has 0 amide bonds. The summed E-state index contributed by atoms with van der Waals surface area (Å²) in [5.74, 6) is 1.16. The van der Waals surface area contributed by atoms with Crippen LogP contribution in [0.1, 0.15) is 11.1 Å². The minimum atomic E-state index is 0.451. The zero-order chi connectivity index (χ0) is 18.0. The maximum Gasteiger partial charge on any atom is 0.139 e. The van der Waals surface area contributed by atoms with Gasteiger partial charge in [-0.15, -0.1) is 0 Å². The Hall–Kier alpha value is -1.76. The molecule has 0 radical (unpaired) electrons. The number of nitrogens with one attached hydrogen (secondary N) is 1. The van der Waals surface area contributed by atoms with E-state index in [4.69, 9.17) is 17.3 Å². The highest BCUT2D eigenvalue weighted by Gasteiger charge is 2.12. The highest BCUT2D eigenvalue weighted by atomic mass is 79.9. The minimum Gasteiger partial charge on any atom is -0.383 e. The molecule has 0 aliphatic carbocycles. The van der Waals surface area contributed by atoms with Crippen LogP contribution in [0.5, 0.6) is 0 Å². The lowest BCUT2D eigenvalue weighted by molar-refractivity contribution is 1.14. The molecule has 3 aromatic rings. The number of nitrogens with two attached hydrogens (primary N) is 1. The number of nitrogens with zero attached hydrogens (tertiary/aromatic N) is 2. The van der Waals surface area contributed by atoms with Crippen molar-refractivity contribution in [3.63, 3.8) is 0 Å². The van der Waals surface area contributed by atoms with Gasteiger partial charge in [-0.2, -0.15) is 0 Å². The Bertz CT molecular complexity index is 913. The first-order chi connectivity index (χ1) is 12.0. The standard InChI is InChI=1S/C18H16BrClN4S/c1-10-4-3-5-11(2)16(10)17-13(20)7-8-14(22-17)24-25-15-9-6-12(19)18(21)23-15/h3-9H,1-2H3,(H2,21,23)(H,22,24). The Morgan fingerprint density at radius 2 is 1.76 bits per heavy atom. The van der Waals surface area contributed by atoms with Gasteiger partial charge in [-0.1, -0.05) is 29.8 Å². The maximum atomic E-state index is 6.40. The molecule has 0 atom stereocenters. The molecule has 0 saturated carbocycles. The summed E-state index contributed by atoms with van der Waals surface area (Å²) in [5, 5.41) is 1.38. The van der Waals surface area contributed by atoms with E-state index in [9.17, 15) is 0 Å². The lowest BCUT2D eigenvalue weighted by atomic mass is 9.99. The van der Waals surface area contributed by atoms with E-state index in [0.29, 0.717) is 16.7 Å². The molecule has 0 saturated heterocycles. The van der Waals surface area contributed by atoms with Crippen molar-refractivity contribution in [1.82, 2.24) is 9.97 Å². The number of anilines is 2. The number of aromatic nitrogens is 2. The first-order valence-electron chi connectivity index (χ1n) is 7.53. The van der Waals surface area contributed by atoms with Crippen molar-refractivity contribution in [2.75, 3.05) is 10.5 Å². The van der Waals surface area contributed by atoms with Gasteiger partial charge in [0.2, 0.25) is 0 Å². The number of aryl methyl sites for hydroxylation is 2. The van der Waals surface area contributed by atoms with E-state index in [1.54, 1.807) is 0 Å². The molecule has 3 N–H and O–H groups in total. The summed E-state index contributed by atoms with van der Waals surface area (Å²) in [6.45, 7) is 4.12. The Balaban J connectivity index is 1.88. The first-order valence-corrected chi connectivity index (χ1v) is 9.52. The summed E-state index contributed by atoms with van der Waals surface area (Å²) in [6, 6.07) is 13.6. The zero-order valence-electron chi connectivity index (χ0n) is 13.7. The van der Waals surface area contributed by atoms with Gasteiger partial charge >= 0.3 is 0 Å². The van der Waals surface area contributed by atoms with Gasteiger partial charge in [0.15, 0.2) is 0 Å². The molecule has 2 aromatic heterocycles. The highest BCUT2D eigenvalue weighted by Crippen LogP contribution is 2.33. The number of hydrogen-bond acceptors (Lipinski definition) is 5. The average Bonchev–Trinajstić information content (AvgIpc) is 2.58. The molecule has 7 heteroatoms. The number of benzene rings is 1. The summed E-state index contributed by atoms with van der Waals surface area (Å²) < 4.78 is 3.97. The summed E-state index contributed by atoms with van der Waals surface area (Å²) in [7, 11) is 0. The fraction of sp³-hybridized carbons (Fsp3) is 0.111. The molecular formula is C18H16BrClN4S. The van der Waals surface area contributed by atoms with Crippen LogP contribution in [-0.2, 0) is 0 Å². The van der Waals surface area contributed by atoms with Crippen molar-refractivity contribution in [3.8, 4) is 11.3 Å². The number of hydrogen-bond donors (Lipinski definition) is 2. The first kappa shape index (κ1) is 18.0. The molecule has 128 valence electrons. The topological polar surface area (TPSA) is 63.8 Å². The average molecular weight is 436 g/mol. The van der Waals surface area contributed by atoms with Gasteiger partial charge in [0.25, 0.3) is 0 Å². The predicted octanol–water partition coefficient (Wildman–Crippen LogP) is 5.88. The molecule has 1 aromatic carbocycles. The Labute approximate surface area is 164 Å². The molecule has 25 heavy (non-hydrogen) atoms. The highest BCUT2D eigenvalue weighted by molar-refractivity contribution is 9.10. The van der Waals surface area contributed by atoms with Crippen LogP contribution < -0.4 is 10.5 Å².